The number of anilines is 1. The van der Waals surface area contributed by atoms with Crippen LogP contribution in [0.25, 0.3) is 0 Å². The van der Waals surface area contributed by atoms with Crippen molar-refractivity contribution in [1.29, 1.82) is 0 Å². The van der Waals surface area contributed by atoms with Crippen molar-refractivity contribution < 1.29 is 13.6 Å². The van der Waals surface area contributed by atoms with Crippen LogP contribution in [0.3, 0.4) is 0 Å². The minimum Gasteiger partial charge on any atom is -0.380 e. The first-order valence-electron chi connectivity index (χ1n) is 8.49. The average molecular weight is 348 g/mol. The molecule has 0 unspecified atom stereocenters. The Morgan fingerprint density at radius 3 is 2.80 bits per heavy atom. The van der Waals surface area contributed by atoms with Crippen LogP contribution in [-0.4, -0.2) is 39.7 Å². The molecule has 1 amide bonds. The Morgan fingerprint density at radius 1 is 1.32 bits per heavy atom. The number of amides is 1. The smallest absolute Gasteiger partial charge is 0.257 e. The molecule has 1 aliphatic heterocycles. The number of piperidine rings is 1. The molecule has 0 bridgehead atoms. The SMILES string of the molecule is CC(C)n1cc(C(=O)N2CCC[C@H](Nc3ccc(F)c(F)c3)C2)cn1. The predicted octanol–water partition coefficient (Wildman–Crippen LogP) is 3.46. The van der Waals surface area contributed by atoms with E-state index >= 15 is 0 Å². The molecule has 1 atom stereocenters. The highest BCUT2D eigenvalue weighted by Gasteiger charge is 2.25. The summed E-state index contributed by atoms with van der Waals surface area (Å²) in [6.45, 7) is 5.21. The molecule has 7 heteroatoms. The summed E-state index contributed by atoms with van der Waals surface area (Å²) < 4.78 is 28.1. The Hall–Kier alpha value is -2.44. The van der Waals surface area contributed by atoms with Crippen molar-refractivity contribution in [2.75, 3.05) is 18.4 Å². The number of carbonyl (C=O) groups excluding carboxylic acids is 1. The number of aromatic nitrogens is 2. The molecule has 1 aromatic carbocycles. The number of halogens is 2. The minimum atomic E-state index is -0.880. The van der Waals surface area contributed by atoms with Gasteiger partial charge in [-0.15, -0.1) is 0 Å². The van der Waals surface area contributed by atoms with Crippen LogP contribution in [0.2, 0.25) is 0 Å². The Balaban J connectivity index is 1.65. The average Bonchev–Trinajstić information content (AvgIpc) is 3.08. The fourth-order valence-corrected chi connectivity index (χ4v) is 3.01. The van der Waals surface area contributed by atoms with Crippen LogP contribution < -0.4 is 5.32 Å². The van der Waals surface area contributed by atoms with E-state index in [0.717, 1.165) is 25.0 Å². The highest BCUT2D eigenvalue weighted by atomic mass is 19.2. The predicted molar refractivity (Wildman–Crippen MR) is 91.5 cm³/mol. The lowest BCUT2D eigenvalue weighted by atomic mass is 10.0. The van der Waals surface area contributed by atoms with Crippen LogP contribution in [0, 0.1) is 11.6 Å². The zero-order valence-electron chi connectivity index (χ0n) is 14.4. The summed E-state index contributed by atoms with van der Waals surface area (Å²) in [5.74, 6) is -1.80. The summed E-state index contributed by atoms with van der Waals surface area (Å²) in [5, 5.41) is 7.40. The number of nitrogens with one attached hydrogen (secondary N) is 1. The van der Waals surface area contributed by atoms with E-state index in [1.165, 1.54) is 6.07 Å². The number of hydrogen-bond donors (Lipinski definition) is 1. The number of benzene rings is 1. The van der Waals surface area contributed by atoms with E-state index in [0.29, 0.717) is 24.3 Å². The van der Waals surface area contributed by atoms with Crippen LogP contribution in [0.15, 0.2) is 30.6 Å². The second-order valence-electron chi connectivity index (χ2n) is 6.67. The van der Waals surface area contributed by atoms with Gasteiger partial charge >= 0.3 is 0 Å². The molecule has 1 aliphatic rings. The maximum absolute atomic E-state index is 13.3. The largest absolute Gasteiger partial charge is 0.380 e. The number of hydrogen-bond acceptors (Lipinski definition) is 3. The van der Waals surface area contributed by atoms with Gasteiger partial charge in [0.1, 0.15) is 0 Å². The standard InChI is InChI=1S/C18H22F2N4O/c1-12(2)24-10-13(9-21-24)18(25)23-7-3-4-15(11-23)22-14-5-6-16(19)17(20)8-14/h5-6,8-10,12,15,22H,3-4,7,11H2,1-2H3/t15-/m0/s1. The molecular weight excluding hydrogens is 326 g/mol. The first-order valence-corrected chi connectivity index (χ1v) is 8.49. The summed E-state index contributed by atoms with van der Waals surface area (Å²) in [5.41, 5.74) is 1.09. The molecule has 2 aromatic rings. The van der Waals surface area contributed by atoms with E-state index < -0.39 is 11.6 Å². The number of nitrogens with zero attached hydrogens (tertiary/aromatic N) is 3. The van der Waals surface area contributed by atoms with Crippen LogP contribution >= 0.6 is 0 Å². The molecule has 0 radical (unpaired) electrons. The molecule has 134 valence electrons. The monoisotopic (exact) mass is 348 g/mol. The van der Waals surface area contributed by atoms with Crippen LogP contribution in [-0.2, 0) is 0 Å². The molecule has 1 aromatic heterocycles. The molecule has 1 fully saturated rings. The van der Waals surface area contributed by atoms with Gasteiger partial charge in [-0.05, 0) is 38.8 Å². The lowest BCUT2D eigenvalue weighted by Gasteiger charge is -2.33. The quantitative estimate of drug-likeness (QED) is 0.921. The van der Waals surface area contributed by atoms with Crippen molar-refractivity contribution in [1.82, 2.24) is 14.7 Å². The topological polar surface area (TPSA) is 50.2 Å². The second kappa shape index (κ2) is 7.21. The van der Waals surface area contributed by atoms with Crippen molar-refractivity contribution in [3.8, 4) is 0 Å². The summed E-state index contributed by atoms with van der Waals surface area (Å²) >= 11 is 0. The molecule has 5 nitrogen and oxygen atoms in total. The third-order valence-electron chi connectivity index (χ3n) is 4.38. The lowest BCUT2D eigenvalue weighted by molar-refractivity contribution is 0.0714. The third-order valence-corrected chi connectivity index (χ3v) is 4.38. The Morgan fingerprint density at radius 2 is 2.12 bits per heavy atom. The maximum Gasteiger partial charge on any atom is 0.257 e. The van der Waals surface area contributed by atoms with Crippen molar-refractivity contribution >= 4 is 11.6 Å². The number of likely N-dealkylation sites (tertiary alicyclic amines) is 1. The normalized spacial score (nSPS) is 17.8. The molecule has 25 heavy (non-hydrogen) atoms. The molecule has 2 heterocycles. The first-order chi connectivity index (χ1) is 11.9. The van der Waals surface area contributed by atoms with E-state index in [4.69, 9.17) is 0 Å². The van der Waals surface area contributed by atoms with Gasteiger partial charge in [0, 0.05) is 43.1 Å². The first kappa shape index (κ1) is 17.4. The van der Waals surface area contributed by atoms with E-state index in [1.807, 2.05) is 13.8 Å². The van der Waals surface area contributed by atoms with Crippen LogP contribution in [0.4, 0.5) is 14.5 Å². The fourth-order valence-electron chi connectivity index (χ4n) is 3.01. The number of carbonyl (C=O) groups is 1. The van der Waals surface area contributed by atoms with Crippen molar-refractivity contribution in [2.45, 2.75) is 38.8 Å². The van der Waals surface area contributed by atoms with Gasteiger partial charge in [-0.3, -0.25) is 9.48 Å². The van der Waals surface area contributed by atoms with Gasteiger partial charge in [-0.25, -0.2) is 8.78 Å². The van der Waals surface area contributed by atoms with E-state index in [9.17, 15) is 13.6 Å². The molecule has 1 N–H and O–H groups in total. The Labute approximate surface area is 145 Å². The van der Waals surface area contributed by atoms with Crippen LogP contribution in [0.5, 0.6) is 0 Å². The summed E-state index contributed by atoms with van der Waals surface area (Å²) in [6.07, 6.45) is 5.08. The minimum absolute atomic E-state index is 0.00250. The molecule has 0 spiro atoms. The van der Waals surface area contributed by atoms with Gasteiger partial charge in [0.05, 0.1) is 11.8 Å². The number of rotatable bonds is 4. The molecule has 0 aliphatic carbocycles. The van der Waals surface area contributed by atoms with Gasteiger partial charge in [0.25, 0.3) is 5.91 Å². The van der Waals surface area contributed by atoms with E-state index in [-0.39, 0.29) is 18.0 Å². The van der Waals surface area contributed by atoms with Gasteiger partial charge < -0.3 is 10.2 Å². The maximum atomic E-state index is 13.3. The summed E-state index contributed by atoms with van der Waals surface area (Å²) in [7, 11) is 0. The van der Waals surface area contributed by atoms with E-state index in [1.54, 1.807) is 22.0 Å². The Kier molecular flexibility index (Phi) is 5.01. The van der Waals surface area contributed by atoms with E-state index in [2.05, 4.69) is 10.4 Å². The lowest BCUT2D eigenvalue weighted by Crippen LogP contribution is -2.45. The zero-order chi connectivity index (χ0) is 18.0. The van der Waals surface area contributed by atoms with Crippen LogP contribution in [0.1, 0.15) is 43.1 Å². The van der Waals surface area contributed by atoms with Gasteiger partial charge in [0.2, 0.25) is 0 Å². The summed E-state index contributed by atoms with van der Waals surface area (Å²) in [6, 6.07) is 3.95. The molecular formula is C18H22F2N4O. The fraction of sp³-hybridized carbons (Fsp3) is 0.444. The van der Waals surface area contributed by atoms with Gasteiger partial charge in [-0.1, -0.05) is 0 Å². The zero-order valence-corrected chi connectivity index (χ0v) is 14.4. The Bertz CT molecular complexity index is 759. The molecule has 1 saturated heterocycles. The van der Waals surface area contributed by atoms with Gasteiger partial charge in [-0.2, -0.15) is 5.10 Å². The van der Waals surface area contributed by atoms with Gasteiger partial charge in [0.15, 0.2) is 11.6 Å². The summed E-state index contributed by atoms with van der Waals surface area (Å²) in [4.78, 5) is 14.4. The molecule has 3 rings (SSSR count). The van der Waals surface area contributed by atoms with Crippen molar-refractivity contribution in [2.24, 2.45) is 0 Å². The highest BCUT2D eigenvalue weighted by molar-refractivity contribution is 5.93. The second-order valence-corrected chi connectivity index (χ2v) is 6.67. The molecule has 0 saturated carbocycles. The third kappa shape index (κ3) is 3.97. The van der Waals surface area contributed by atoms with Crippen molar-refractivity contribution in [3.63, 3.8) is 0 Å². The highest BCUT2D eigenvalue weighted by Crippen LogP contribution is 2.20. The van der Waals surface area contributed by atoms with Crippen molar-refractivity contribution in [3.05, 3.63) is 47.8 Å².